The zero-order chi connectivity index (χ0) is 16.4. The molecule has 0 aliphatic rings. The zero-order valence-electron chi connectivity index (χ0n) is 12.7. The predicted octanol–water partition coefficient (Wildman–Crippen LogP) is 2.01. The van der Waals surface area contributed by atoms with Gasteiger partial charge in [-0.3, -0.25) is 9.59 Å². The van der Waals surface area contributed by atoms with Crippen LogP contribution in [0.3, 0.4) is 0 Å². The van der Waals surface area contributed by atoms with Gasteiger partial charge in [-0.05, 0) is 42.5 Å². The van der Waals surface area contributed by atoms with E-state index in [2.05, 4.69) is 0 Å². The van der Waals surface area contributed by atoms with E-state index in [0.717, 1.165) is 5.56 Å². The number of allylic oxidation sites excluding steroid dienone is 2. The van der Waals surface area contributed by atoms with Crippen molar-refractivity contribution in [1.82, 2.24) is 0 Å². The second-order valence-electron chi connectivity index (χ2n) is 4.96. The molecule has 1 aromatic carbocycles. The third-order valence-electron chi connectivity index (χ3n) is 3.42. The number of carbonyl (C=O) groups excluding carboxylic acids is 2. The van der Waals surface area contributed by atoms with Crippen molar-refractivity contribution >= 4 is 12.3 Å². The third-order valence-corrected chi connectivity index (χ3v) is 3.42. The molecule has 0 saturated carbocycles. The summed E-state index contributed by atoms with van der Waals surface area (Å²) in [6, 6.07) is 6.69. The Morgan fingerprint density at radius 2 is 2.00 bits per heavy atom. The SMILES string of the molecule is C/C=C(/C=O)[C@@H](CCO)CC(=O)OCCc1ccc(O)cc1. The number of esters is 1. The average Bonchev–Trinajstić information content (AvgIpc) is 2.50. The van der Waals surface area contributed by atoms with Crippen LogP contribution in [0, 0.1) is 5.92 Å². The summed E-state index contributed by atoms with van der Waals surface area (Å²) in [6.45, 7) is 1.88. The lowest BCUT2D eigenvalue weighted by Crippen LogP contribution is -2.16. The normalized spacial score (nSPS) is 12.7. The average molecular weight is 306 g/mol. The topological polar surface area (TPSA) is 83.8 Å². The Morgan fingerprint density at radius 3 is 2.55 bits per heavy atom. The van der Waals surface area contributed by atoms with Crippen LogP contribution in [0.25, 0.3) is 0 Å². The van der Waals surface area contributed by atoms with E-state index < -0.39 is 5.97 Å². The molecule has 5 nitrogen and oxygen atoms in total. The Balaban J connectivity index is 2.43. The van der Waals surface area contributed by atoms with Gasteiger partial charge in [0.2, 0.25) is 0 Å². The van der Waals surface area contributed by atoms with E-state index >= 15 is 0 Å². The molecule has 0 unspecified atom stereocenters. The Kier molecular flexibility index (Phi) is 7.92. The summed E-state index contributed by atoms with van der Waals surface area (Å²) >= 11 is 0. The van der Waals surface area contributed by atoms with E-state index in [9.17, 15) is 14.7 Å². The number of hydrogen-bond donors (Lipinski definition) is 2. The fraction of sp³-hybridized carbons (Fsp3) is 0.412. The van der Waals surface area contributed by atoms with Gasteiger partial charge in [-0.2, -0.15) is 0 Å². The molecule has 0 bridgehead atoms. The number of aliphatic hydroxyl groups excluding tert-OH is 1. The van der Waals surface area contributed by atoms with Gasteiger partial charge in [-0.15, -0.1) is 0 Å². The van der Waals surface area contributed by atoms with Gasteiger partial charge in [0.1, 0.15) is 12.0 Å². The molecule has 0 radical (unpaired) electrons. The van der Waals surface area contributed by atoms with E-state index in [4.69, 9.17) is 9.84 Å². The van der Waals surface area contributed by atoms with Crippen LogP contribution in [-0.2, 0) is 20.7 Å². The Morgan fingerprint density at radius 1 is 1.32 bits per heavy atom. The summed E-state index contributed by atoms with van der Waals surface area (Å²) in [5.41, 5.74) is 1.46. The highest BCUT2D eigenvalue weighted by Crippen LogP contribution is 2.18. The van der Waals surface area contributed by atoms with Gasteiger partial charge >= 0.3 is 5.97 Å². The minimum absolute atomic E-state index is 0.0779. The van der Waals surface area contributed by atoms with Crippen LogP contribution in [-0.4, -0.2) is 35.7 Å². The Labute approximate surface area is 130 Å². The highest BCUT2D eigenvalue weighted by molar-refractivity contribution is 5.77. The number of hydrogen-bond acceptors (Lipinski definition) is 5. The fourth-order valence-corrected chi connectivity index (χ4v) is 2.15. The molecule has 120 valence electrons. The number of aliphatic hydroxyl groups is 1. The van der Waals surface area contributed by atoms with E-state index in [1.165, 1.54) is 0 Å². The molecular formula is C17H22O5. The van der Waals surface area contributed by atoms with Gasteiger partial charge in [-0.1, -0.05) is 18.2 Å². The predicted molar refractivity (Wildman–Crippen MR) is 82.4 cm³/mol. The molecular weight excluding hydrogens is 284 g/mol. The third kappa shape index (κ3) is 6.10. The Hall–Kier alpha value is -2.14. The molecule has 0 saturated heterocycles. The number of benzene rings is 1. The monoisotopic (exact) mass is 306 g/mol. The fourth-order valence-electron chi connectivity index (χ4n) is 2.15. The van der Waals surface area contributed by atoms with Crippen LogP contribution >= 0.6 is 0 Å². The number of phenolic OH excluding ortho intramolecular Hbond substituents is 1. The number of carbonyl (C=O) groups is 2. The van der Waals surface area contributed by atoms with Crippen LogP contribution in [0.15, 0.2) is 35.9 Å². The quantitative estimate of drug-likeness (QED) is 0.414. The number of phenols is 1. The Bertz CT molecular complexity index is 504. The summed E-state index contributed by atoms with van der Waals surface area (Å²) in [5, 5.41) is 18.2. The molecule has 22 heavy (non-hydrogen) atoms. The van der Waals surface area contributed by atoms with Crippen molar-refractivity contribution < 1.29 is 24.5 Å². The molecule has 0 fully saturated rings. The summed E-state index contributed by atoms with van der Waals surface area (Å²) in [6.07, 6.45) is 3.35. The number of aromatic hydroxyl groups is 1. The molecule has 0 aromatic heterocycles. The molecule has 1 rings (SSSR count). The lowest BCUT2D eigenvalue weighted by atomic mass is 9.93. The van der Waals surface area contributed by atoms with Gasteiger partial charge in [0.05, 0.1) is 13.0 Å². The molecule has 0 heterocycles. The summed E-state index contributed by atoms with van der Waals surface area (Å²) in [7, 11) is 0. The van der Waals surface area contributed by atoms with E-state index in [-0.39, 0.29) is 31.3 Å². The molecule has 1 aromatic rings. The molecule has 5 heteroatoms. The maximum absolute atomic E-state index is 11.8. The summed E-state index contributed by atoms with van der Waals surface area (Å²) in [5.74, 6) is -0.507. The van der Waals surface area contributed by atoms with Gasteiger partial charge in [-0.25, -0.2) is 0 Å². The highest BCUT2D eigenvalue weighted by atomic mass is 16.5. The van der Waals surface area contributed by atoms with E-state index in [1.807, 2.05) is 0 Å². The van der Waals surface area contributed by atoms with Gasteiger partial charge in [0.15, 0.2) is 0 Å². The lowest BCUT2D eigenvalue weighted by molar-refractivity contribution is -0.144. The molecule has 0 aliphatic heterocycles. The maximum atomic E-state index is 11.8. The highest BCUT2D eigenvalue weighted by Gasteiger charge is 2.18. The summed E-state index contributed by atoms with van der Waals surface area (Å²) < 4.78 is 5.17. The molecule has 2 N–H and O–H groups in total. The molecule has 0 spiro atoms. The van der Waals surface area contributed by atoms with Crippen molar-refractivity contribution in [3.8, 4) is 5.75 Å². The summed E-state index contributed by atoms with van der Waals surface area (Å²) in [4.78, 5) is 22.8. The first-order chi connectivity index (χ1) is 10.6. The number of ether oxygens (including phenoxy) is 1. The van der Waals surface area contributed by atoms with Crippen molar-refractivity contribution in [1.29, 1.82) is 0 Å². The molecule has 0 amide bonds. The van der Waals surface area contributed by atoms with E-state index in [1.54, 1.807) is 37.3 Å². The first-order valence-electron chi connectivity index (χ1n) is 7.26. The van der Waals surface area contributed by atoms with Gasteiger partial charge in [0.25, 0.3) is 0 Å². The lowest BCUT2D eigenvalue weighted by Gasteiger charge is -2.15. The van der Waals surface area contributed by atoms with Gasteiger partial charge < -0.3 is 14.9 Å². The van der Waals surface area contributed by atoms with Crippen molar-refractivity contribution in [3.63, 3.8) is 0 Å². The largest absolute Gasteiger partial charge is 0.508 e. The van der Waals surface area contributed by atoms with Crippen molar-refractivity contribution in [2.24, 2.45) is 5.92 Å². The number of aldehydes is 1. The zero-order valence-corrected chi connectivity index (χ0v) is 12.7. The van der Waals surface area contributed by atoms with Crippen molar-refractivity contribution in [2.45, 2.75) is 26.2 Å². The molecule has 1 atom stereocenters. The first-order valence-corrected chi connectivity index (χ1v) is 7.26. The van der Waals surface area contributed by atoms with E-state index in [0.29, 0.717) is 24.7 Å². The second kappa shape index (κ2) is 9.73. The van der Waals surface area contributed by atoms with Crippen LogP contribution in [0.2, 0.25) is 0 Å². The van der Waals surface area contributed by atoms with Crippen molar-refractivity contribution in [3.05, 3.63) is 41.5 Å². The van der Waals surface area contributed by atoms with Gasteiger partial charge in [0, 0.05) is 13.0 Å². The van der Waals surface area contributed by atoms with Crippen molar-refractivity contribution in [2.75, 3.05) is 13.2 Å². The van der Waals surface area contributed by atoms with Crippen LogP contribution in [0.5, 0.6) is 5.75 Å². The molecule has 0 aliphatic carbocycles. The minimum atomic E-state index is -0.390. The number of rotatable bonds is 9. The van der Waals surface area contributed by atoms with Crippen LogP contribution in [0.4, 0.5) is 0 Å². The van der Waals surface area contributed by atoms with Crippen LogP contribution in [0.1, 0.15) is 25.3 Å². The smallest absolute Gasteiger partial charge is 0.306 e. The van der Waals surface area contributed by atoms with Crippen LogP contribution < -0.4 is 0 Å². The first kappa shape index (κ1) is 17.9. The second-order valence-corrected chi connectivity index (χ2v) is 4.96. The standard InChI is InChI=1S/C17H22O5/c1-2-14(12-19)15(7-9-18)11-17(21)22-10-8-13-3-5-16(20)6-4-13/h2-6,12,15,18,20H,7-11H2,1H3/b14-2-/t15-/m0/s1. The minimum Gasteiger partial charge on any atom is -0.508 e. The maximum Gasteiger partial charge on any atom is 0.306 e.